The molecule has 1 aliphatic carbocycles. The fourth-order valence-electron chi connectivity index (χ4n) is 4.73. The SMILES string of the molecule is CN(C1CCCCC1)S(=O)(=O)c1cccc(C(=O)Nc2nc(CN3CCCCCC3)cs2)c1. The zero-order valence-electron chi connectivity index (χ0n) is 19.3. The van der Waals surface area contributed by atoms with Crippen LogP contribution in [0.5, 0.6) is 0 Å². The highest BCUT2D eigenvalue weighted by molar-refractivity contribution is 7.89. The minimum absolute atomic E-state index is 0.0270. The molecule has 1 aliphatic heterocycles. The molecule has 1 saturated heterocycles. The molecule has 2 aliphatic rings. The third kappa shape index (κ3) is 6.20. The first-order valence-electron chi connectivity index (χ1n) is 12.0. The van der Waals surface area contributed by atoms with E-state index >= 15 is 0 Å². The molecule has 4 rings (SSSR count). The van der Waals surface area contributed by atoms with E-state index in [1.165, 1.54) is 47.4 Å². The number of carbonyl (C=O) groups excluding carboxylic acids is 1. The molecule has 33 heavy (non-hydrogen) atoms. The highest BCUT2D eigenvalue weighted by Gasteiger charge is 2.29. The normalized spacial score (nSPS) is 18.8. The number of hydrogen-bond acceptors (Lipinski definition) is 6. The van der Waals surface area contributed by atoms with E-state index in [-0.39, 0.29) is 16.8 Å². The molecule has 0 spiro atoms. The quantitative estimate of drug-likeness (QED) is 0.607. The number of thiazole rings is 1. The number of nitrogens with one attached hydrogen (secondary N) is 1. The van der Waals surface area contributed by atoms with Crippen LogP contribution in [-0.2, 0) is 16.6 Å². The molecular weight excluding hydrogens is 456 g/mol. The van der Waals surface area contributed by atoms with Gasteiger partial charge in [0.25, 0.3) is 5.91 Å². The van der Waals surface area contributed by atoms with Gasteiger partial charge in [-0.25, -0.2) is 13.4 Å². The molecule has 7 nitrogen and oxygen atoms in total. The molecular formula is C24H34N4O3S2. The lowest BCUT2D eigenvalue weighted by Gasteiger charge is -2.30. The van der Waals surface area contributed by atoms with Gasteiger partial charge in [0.2, 0.25) is 10.0 Å². The largest absolute Gasteiger partial charge is 0.298 e. The van der Waals surface area contributed by atoms with Crippen LogP contribution < -0.4 is 5.32 Å². The van der Waals surface area contributed by atoms with E-state index in [0.717, 1.165) is 57.4 Å². The Balaban J connectivity index is 1.41. The van der Waals surface area contributed by atoms with Crippen LogP contribution in [0.4, 0.5) is 5.13 Å². The number of nitrogens with zero attached hydrogens (tertiary/aromatic N) is 3. The van der Waals surface area contributed by atoms with Crippen molar-refractivity contribution in [3.8, 4) is 0 Å². The van der Waals surface area contributed by atoms with Crippen LogP contribution in [0.3, 0.4) is 0 Å². The van der Waals surface area contributed by atoms with Crippen molar-refractivity contribution >= 4 is 32.4 Å². The molecule has 0 bridgehead atoms. The van der Waals surface area contributed by atoms with E-state index in [4.69, 9.17) is 0 Å². The molecule has 2 fully saturated rings. The molecule has 1 aromatic heterocycles. The van der Waals surface area contributed by atoms with Crippen molar-refractivity contribution in [3.63, 3.8) is 0 Å². The zero-order valence-corrected chi connectivity index (χ0v) is 21.0. The Morgan fingerprint density at radius 2 is 1.82 bits per heavy atom. The summed E-state index contributed by atoms with van der Waals surface area (Å²) in [6, 6.07) is 6.33. The molecule has 0 radical (unpaired) electrons. The number of benzene rings is 1. The minimum Gasteiger partial charge on any atom is -0.298 e. The molecule has 0 unspecified atom stereocenters. The third-order valence-corrected chi connectivity index (χ3v) is 9.43. The molecule has 180 valence electrons. The first kappa shape index (κ1) is 24.3. The van der Waals surface area contributed by atoms with Crippen LogP contribution >= 0.6 is 11.3 Å². The van der Waals surface area contributed by atoms with Crippen LogP contribution in [0.25, 0.3) is 0 Å². The summed E-state index contributed by atoms with van der Waals surface area (Å²) in [6.45, 7) is 2.99. The first-order valence-corrected chi connectivity index (χ1v) is 14.3. The van der Waals surface area contributed by atoms with Crippen molar-refractivity contribution in [2.45, 2.75) is 75.3 Å². The van der Waals surface area contributed by atoms with Crippen LogP contribution in [0.15, 0.2) is 34.5 Å². The lowest BCUT2D eigenvalue weighted by atomic mass is 9.96. The Kier molecular flexibility index (Phi) is 8.16. The van der Waals surface area contributed by atoms with Crippen molar-refractivity contribution in [2.75, 3.05) is 25.5 Å². The summed E-state index contributed by atoms with van der Waals surface area (Å²) in [4.78, 5) is 20.0. The van der Waals surface area contributed by atoms with Crippen LogP contribution in [-0.4, -0.2) is 54.7 Å². The van der Waals surface area contributed by atoms with Crippen molar-refractivity contribution in [1.82, 2.24) is 14.2 Å². The fourth-order valence-corrected chi connectivity index (χ4v) is 6.89. The molecule has 1 aromatic carbocycles. The average Bonchev–Trinajstić information content (AvgIpc) is 3.10. The van der Waals surface area contributed by atoms with Crippen LogP contribution in [0, 0.1) is 0 Å². The van der Waals surface area contributed by atoms with E-state index in [1.807, 2.05) is 5.38 Å². The number of sulfonamides is 1. The smallest absolute Gasteiger partial charge is 0.257 e. The Hall–Kier alpha value is -1.81. The number of anilines is 1. The Labute approximate surface area is 201 Å². The second-order valence-electron chi connectivity index (χ2n) is 9.13. The minimum atomic E-state index is -3.65. The number of aromatic nitrogens is 1. The molecule has 2 aromatic rings. The summed E-state index contributed by atoms with van der Waals surface area (Å²) >= 11 is 1.40. The van der Waals surface area contributed by atoms with Crippen molar-refractivity contribution in [2.24, 2.45) is 0 Å². The van der Waals surface area contributed by atoms with Gasteiger partial charge in [0.05, 0.1) is 10.6 Å². The van der Waals surface area contributed by atoms with Crippen molar-refractivity contribution in [3.05, 3.63) is 40.9 Å². The second-order valence-corrected chi connectivity index (χ2v) is 12.0. The lowest BCUT2D eigenvalue weighted by Crippen LogP contribution is -2.38. The molecule has 9 heteroatoms. The predicted octanol–water partition coefficient (Wildman–Crippen LogP) is 4.72. The van der Waals surface area contributed by atoms with E-state index < -0.39 is 10.0 Å². The van der Waals surface area contributed by atoms with Gasteiger partial charge in [0.1, 0.15) is 0 Å². The lowest BCUT2D eigenvalue weighted by molar-refractivity contribution is 0.102. The molecule has 1 amide bonds. The van der Waals surface area contributed by atoms with Gasteiger partial charge in [0.15, 0.2) is 5.13 Å². The number of carbonyl (C=O) groups is 1. The summed E-state index contributed by atoms with van der Waals surface area (Å²) in [5.41, 5.74) is 1.28. The van der Waals surface area contributed by atoms with Gasteiger partial charge in [-0.2, -0.15) is 4.31 Å². The second kappa shape index (κ2) is 11.1. The molecule has 0 atom stereocenters. The van der Waals surface area contributed by atoms with Gasteiger partial charge in [-0.1, -0.05) is 38.2 Å². The fraction of sp³-hybridized carbons (Fsp3) is 0.583. The first-order chi connectivity index (χ1) is 15.9. The van der Waals surface area contributed by atoms with Crippen LogP contribution in [0.1, 0.15) is 73.8 Å². The molecule has 1 N–H and O–H groups in total. The topological polar surface area (TPSA) is 82.6 Å². The van der Waals surface area contributed by atoms with Gasteiger partial charge < -0.3 is 0 Å². The summed E-state index contributed by atoms with van der Waals surface area (Å²) in [5, 5.41) is 5.37. The van der Waals surface area contributed by atoms with Gasteiger partial charge in [-0.15, -0.1) is 11.3 Å². The zero-order chi connectivity index (χ0) is 23.3. The monoisotopic (exact) mass is 490 g/mol. The summed E-state index contributed by atoms with van der Waals surface area (Å²) < 4.78 is 27.8. The van der Waals surface area contributed by atoms with Crippen molar-refractivity contribution in [1.29, 1.82) is 0 Å². The van der Waals surface area contributed by atoms with Gasteiger partial charge in [-0.3, -0.25) is 15.0 Å². The Morgan fingerprint density at radius 1 is 1.12 bits per heavy atom. The standard InChI is InChI=1S/C24H34N4O3S2/c1-27(21-11-5-4-6-12-21)33(30,31)22-13-9-10-19(16-22)23(29)26-24-25-20(18-32-24)17-28-14-7-2-3-8-15-28/h9-10,13,16,18,21H,2-8,11-12,14-15,17H2,1H3,(H,25,26,29). The van der Waals surface area contributed by atoms with E-state index in [1.54, 1.807) is 25.2 Å². The molecule has 2 heterocycles. The number of likely N-dealkylation sites (tertiary alicyclic amines) is 1. The third-order valence-electron chi connectivity index (χ3n) is 6.72. The highest BCUT2D eigenvalue weighted by Crippen LogP contribution is 2.27. The van der Waals surface area contributed by atoms with Gasteiger partial charge in [-0.05, 0) is 57.0 Å². The van der Waals surface area contributed by atoms with E-state index in [0.29, 0.717) is 10.7 Å². The number of hydrogen-bond donors (Lipinski definition) is 1. The van der Waals surface area contributed by atoms with E-state index in [2.05, 4.69) is 15.2 Å². The summed E-state index contributed by atoms with van der Waals surface area (Å²) in [5.74, 6) is -0.344. The summed E-state index contributed by atoms with van der Waals surface area (Å²) in [7, 11) is -2.00. The van der Waals surface area contributed by atoms with Gasteiger partial charge >= 0.3 is 0 Å². The van der Waals surface area contributed by atoms with Crippen LogP contribution in [0.2, 0.25) is 0 Å². The maximum atomic E-state index is 13.2. The van der Waals surface area contributed by atoms with Crippen molar-refractivity contribution < 1.29 is 13.2 Å². The number of rotatable bonds is 7. The summed E-state index contributed by atoms with van der Waals surface area (Å²) in [6.07, 6.45) is 10.1. The average molecular weight is 491 g/mol. The highest BCUT2D eigenvalue weighted by atomic mass is 32.2. The Morgan fingerprint density at radius 3 is 2.55 bits per heavy atom. The number of amides is 1. The Bertz CT molecular complexity index is 1040. The van der Waals surface area contributed by atoms with E-state index in [9.17, 15) is 13.2 Å². The maximum Gasteiger partial charge on any atom is 0.257 e. The maximum absolute atomic E-state index is 13.2. The predicted molar refractivity (Wildman–Crippen MR) is 132 cm³/mol. The molecule has 1 saturated carbocycles. The van der Waals surface area contributed by atoms with Gasteiger partial charge in [0, 0.05) is 30.6 Å².